The van der Waals surface area contributed by atoms with Crippen LogP contribution in [0.3, 0.4) is 0 Å². The quantitative estimate of drug-likeness (QED) is 0.441. The molecule has 0 saturated carbocycles. The summed E-state index contributed by atoms with van der Waals surface area (Å²) in [6, 6.07) is 11.4. The lowest BCUT2D eigenvalue weighted by Crippen LogP contribution is -1.86. The van der Waals surface area contributed by atoms with Gasteiger partial charge < -0.3 is 4.98 Å². The van der Waals surface area contributed by atoms with Gasteiger partial charge >= 0.3 is 0 Å². The van der Waals surface area contributed by atoms with Crippen molar-refractivity contribution >= 4 is 21.9 Å². The van der Waals surface area contributed by atoms with E-state index < -0.39 is 5.82 Å². The number of H-pyrrole nitrogens is 2. The molecule has 0 spiro atoms. The maximum atomic E-state index is 13.7. The van der Waals surface area contributed by atoms with Gasteiger partial charge in [0.05, 0.1) is 23.4 Å². The first-order chi connectivity index (χ1) is 15.3. The van der Waals surface area contributed by atoms with Gasteiger partial charge in [-0.05, 0) is 29.8 Å². The average Bonchev–Trinajstić information content (AvgIpc) is 3.43. The van der Waals surface area contributed by atoms with E-state index in [4.69, 9.17) is 4.98 Å². The van der Waals surface area contributed by atoms with Crippen LogP contribution in [0.4, 0.5) is 4.39 Å². The number of hydrogen-bond donors (Lipinski definition) is 2. The summed E-state index contributed by atoms with van der Waals surface area (Å²) in [4.78, 5) is 20.5. The number of rotatable bonds is 3. The van der Waals surface area contributed by atoms with E-state index in [1.807, 2.05) is 30.5 Å². The second kappa shape index (κ2) is 6.81. The Morgan fingerprint density at radius 3 is 2.55 bits per heavy atom. The largest absolute Gasteiger partial charge is 0.335 e. The topological polar surface area (TPSA) is 96.0 Å². The molecule has 0 bridgehead atoms. The third-order valence-electron chi connectivity index (χ3n) is 5.19. The molecule has 5 heterocycles. The predicted octanol–water partition coefficient (Wildman–Crippen LogP) is 4.76. The van der Waals surface area contributed by atoms with E-state index in [9.17, 15) is 4.39 Å². The van der Waals surface area contributed by atoms with Crippen LogP contribution in [0.1, 0.15) is 0 Å². The van der Waals surface area contributed by atoms with Crippen molar-refractivity contribution in [2.24, 2.45) is 0 Å². The van der Waals surface area contributed by atoms with Crippen molar-refractivity contribution in [2.45, 2.75) is 0 Å². The summed E-state index contributed by atoms with van der Waals surface area (Å²) in [6.07, 6.45) is 9.69. The van der Waals surface area contributed by atoms with Crippen LogP contribution in [0.15, 0.2) is 73.6 Å². The first kappa shape index (κ1) is 17.4. The first-order valence-electron chi connectivity index (χ1n) is 9.60. The van der Waals surface area contributed by atoms with Crippen LogP contribution in [0.25, 0.3) is 55.7 Å². The summed E-state index contributed by atoms with van der Waals surface area (Å²) < 4.78 is 13.7. The van der Waals surface area contributed by atoms with Gasteiger partial charge in [0.2, 0.25) is 0 Å². The van der Waals surface area contributed by atoms with Crippen LogP contribution >= 0.6 is 0 Å². The molecule has 0 fully saturated rings. The second-order valence-corrected chi connectivity index (χ2v) is 7.13. The van der Waals surface area contributed by atoms with Crippen LogP contribution in [-0.4, -0.2) is 35.1 Å². The highest BCUT2D eigenvalue weighted by Crippen LogP contribution is 2.32. The summed E-state index contributed by atoms with van der Waals surface area (Å²) in [7, 11) is 0. The summed E-state index contributed by atoms with van der Waals surface area (Å²) in [6.45, 7) is 0. The minimum absolute atomic E-state index is 0.411. The molecule has 148 valence electrons. The smallest absolute Gasteiger partial charge is 0.159 e. The number of nitrogens with zero attached hydrogens (tertiary/aromatic N) is 5. The molecular formula is C23H14FN7. The van der Waals surface area contributed by atoms with Gasteiger partial charge in [-0.15, -0.1) is 0 Å². The molecule has 0 atom stereocenters. The molecular weight excluding hydrogens is 393 g/mol. The van der Waals surface area contributed by atoms with Gasteiger partial charge in [0.15, 0.2) is 5.82 Å². The summed E-state index contributed by atoms with van der Waals surface area (Å²) in [5.41, 5.74) is 6.37. The van der Waals surface area contributed by atoms with Crippen LogP contribution in [0, 0.1) is 5.82 Å². The minimum atomic E-state index is -0.411. The van der Waals surface area contributed by atoms with Crippen LogP contribution in [-0.2, 0) is 0 Å². The molecule has 0 aliphatic rings. The summed E-state index contributed by atoms with van der Waals surface area (Å²) >= 11 is 0. The van der Waals surface area contributed by atoms with Crippen molar-refractivity contribution < 1.29 is 4.39 Å². The number of nitrogens with one attached hydrogen (secondary N) is 2. The van der Waals surface area contributed by atoms with Gasteiger partial charge in [0.25, 0.3) is 0 Å². The molecule has 0 radical (unpaired) electrons. The number of aromatic amines is 2. The van der Waals surface area contributed by atoms with Crippen molar-refractivity contribution in [1.29, 1.82) is 0 Å². The van der Waals surface area contributed by atoms with E-state index in [0.29, 0.717) is 28.2 Å². The Hall–Kier alpha value is -4.46. The number of pyridine rings is 3. The van der Waals surface area contributed by atoms with Crippen molar-refractivity contribution in [3.63, 3.8) is 0 Å². The predicted molar refractivity (Wildman–Crippen MR) is 115 cm³/mol. The zero-order chi connectivity index (χ0) is 20.8. The van der Waals surface area contributed by atoms with Crippen LogP contribution in [0.5, 0.6) is 0 Å². The second-order valence-electron chi connectivity index (χ2n) is 7.13. The van der Waals surface area contributed by atoms with E-state index in [-0.39, 0.29) is 0 Å². The maximum Gasteiger partial charge on any atom is 0.159 e. The van der Waals surface area contributed by atoms with Crippen LogP contribution < -0.4 is 0 Å². The highest BCUT2D eigenvalue weighted by atomic mass is 19.1. The van der Waals surface area contributed by atoms with Crippen LogP contribution in [0.2, 0.25) is 0 Å². The van der Waals surface area contributed by atoms with E-state index >= 15 is 0 Å². The number of hydrogen-bond acceptors (Lipinski definition) is 5. The molecule has 0 unspecified atom stereocenters. The zero-order valence-corrected chi connectivity index (χ0v) is 16.0. The zero-order valence-electron chi connectivity index (χ0n) is 16.0. The molecule has 5 aromatic heterocycles. The lowest BCUT2D eigenvalue weighted by Gasteiger charge is -2.01. The van der Waals surface area contributed by atoms with Gasteiger partial charge in [-0.2, -0.15) is 5.10 Å². The lowest BCUT2D eigenvalue weighted by atomic mass is 10.0. The molecule has 0 aliphatic heterocycles. The van der Waals surface area contributed by atoms with Crippen molar-refractivity contribution in [3.8, 4) is 33.8 Å². The van der Waals surface area contributed by atoms with Gasteiger partial charge in [-0.3, -0.25) is 20.1 Å². The van der Waals surface area contributed by atoms with E-state index in [1.165, 1.54) is 12.3 Å². The standard InChI is InChI=1S/C23H14FN7/c24-16-6-15(9-26-10-16)18-11-27-12-20-21(18)29-23(28-20)22-17-7-13(3-4-19(17)30-31-22)14-2-1-5-25-8-14/h1-12H,(H,28,29)(H,30,31). The molecule has 6 rings (SSSR count). The molecule has 6 aromatic rings. The minimum Gasteiger partial charge on any atom is -0.335 e. The molecule has 1 aromatic carbocycles. The Morgan fingerprint density at radius 1 is 0.774 bits per heavy atom. The molecule has 0 aliphatic carbocycles. The monoisotopic (exact) mass is 407 g/mol. The van der Waals surface area contributed by atoms with Crippen molar-refractivity contribution in [1.82, 2.24) is 35.1 Å². The van der Waals surface area contributed by atoms with Crippen molar-refractivity contribution in [3.05, 3.63) is 79.4 Å². The fourth-order valence-electron chi connectivity index (χ4n) is 3.72. The summed E-state index contributed by atoms with van der Waals surface area (Å²) in [5.74, 6) is 0.190. The Labute approximate surface area is 175 Å². The first-order valence-corrected chi connectivity index (χ1v) is 9.60. The molecule has 0 amide bonds. The summed E-state index contributed by atoms with van der Waals surface area (Å²) in [5, 5.41) is 8.48. The molecule has 2 N–H and O–H groups in total. The fourth-order valence-corrected chi connectivity index (χ4v) is 3.72. The van der Waals surface area contributed by atoms with Gasteiger partial charge in [0, 0.05) is 46.9 Å². The van der Waals surface area contributed by atoms with E-state index in [1.54, 1.807) is 24.8 Å². The normalized spacial score (nSPS) is 11.4. The maximum absolute atomic E-state index is 13.7. The third-order valence-corrected chi connectivity index (χ3v) is 5.19. The van der Waals surface area contributed by atoms with E-state index in [0.717, 1.165) is 27.5 Å². The molecule has 8 heteroatoms. The number of aromatic nitrogens is 7. The number of halogens is 1. The number of imidazole rings is 1. The van der Waals surface area contributed by atoms with Gasteiger partial charge in [-0.1, -0.05) is 12.1 Å². The number of benzene rings is 1. The van der Waals surface area contributed by atoms with E-state index in [2.05, 4.69) is 36.2 Å². The van der Waals surface area contributed by atoms with Crippen molar-refractivity contribution in [2.75, 3.05) is 0 Å². The lowest BCUT2D eigenvalue weighted by molar-refractivity contribution is 0.622. The Bertz CT molecular complexity index is 1550. The Balaban J connectivity index is 1.52. The SMILES string of the molecule is Fc1cncc(-c2cncc3[nH]c(-c4n[nH]c5ccc(-c6cccnc6)cc45)nc23)c1. The molecule has 0 saturated heterocycles. The molecule has 31 heavy (non-hydrogen) atoms. The fraction of sp³-hybridized carbons (Fsp3) is 0. The Kier molecular flexibility index (Phi) is 3.82. The highest BCUT2D eigenvalue weighted by Gasteiger charge is 2.16. The average molecular weight is 407 g/mol. The third kappa shape index (κ3) is 2.93. The molecule has 7 nitrogen and oxygen atoms in total. The Morgan fingerprint density at radius 2 is 1.68 bits per heavy atom. The van der Waals surface area contributed by atoms with Gasteiger partial charge in [0.1, 0.15) is 17.0 Å². The highest BCUT2D eigenvalue weighted by molar-refractivity contribution is 5.97. The number of fused-ring (bicyclic) bond motifs is 2. The van der Waals surface area contributed by atoms with Gasteiger partial charge in [-0.25, -0.2) is 9.37 Å².